The van der Waals surface area contributed by atoms with Crippen molar-refractivity contribution >= 4 is 5.91 Å². The fourth-order valence-corrected chi connectivity index (χ4v) is 2.51. The van der Waals surface area contributed by atoms with Crippen LogP contribution in [0.5, 0.6) is 0 Å². The highest BCUT2D eigenvalue weighted by atomic mass is 19.3. The van der Waals surface area contributed by atoms with Gasteiger partial charge < -0.3 is 4.90 Å². The molecule has 0 spiro atoms. The van der Waals surface area contributed by atoms with Crippen molar-refractivity contribution in [2.24, 2.45) is 5.92 Å². The average Bonchev–Trinajstić information content (AvgIpc) is 2.69. The Morgan fingerprint density at radius 1 is 1.58 bits per heavy atom. The Hall–Kier alpha value is -1.45. The van der Waals surface area contributed by atoms with E-state index in [0.717, 1.165) is 18.4 Å². The molecule has 4 heteroatoms. The van der Waals surface area contributed by atoms with E-state index < -0.39 is 12.5 Å². The lowest BCUT2D eigenvalue weighted by Gasteiger charge is -2.20. The molecule has 0 aromatic carbocycles. The van der Waals surface area contributed by atoms with Gasteiger partial charge in [0.2, 0.25) is 0 Å². The summed E-state index contributed by atoms with van der Waals surface area (Å²) >= 11 is 0. The summed E-state index contributed by atoms with van der Waals surface area (Å²) in [6, 6.07) is 0. The molecule has 2 rings (SSSR count). The second kappa shape index (κ2) is 5.27. The smallest absolute Gasteiger partial charge is 0.267 e. The highest BCUT2D eigenvalue weighted by molar-refractivity contribution is 5.96. The van der Waals surface area contributed by atoms with Crippen LogP contribution in [0, 0.1) is 5.92 Å². The highest BCUT2D eigenvalue weighted by Crippen LogP contribution is 2.29. The molecular weight excluding hydrogens is 248 g/mol. The normalized spacial score (nSPS) is 25.3. The van der Waals surface area contributed by atoms with E-state index in [0.29, 0.717) is 11.5 Å². The van der Waals surface area contributed by atoms with Crippen molar-refractivity contribution in [1.82, 2.24) is 4.90 Å². The summed E-state index contributed by atoms with van der Waals surface area (Å²) < 4.78 is 26.2. The Balaban J connectivity index is 1.94. The molecule has 0 aromatic heterocycles. The Morgan fingerprint density at radius 3 is 2.79 bits per heavy atom. The van der Waals surface area contributed by atoms with Crippen molar-refractivity contribution in [3.05, 3.63) is 36.0 Å². The quantitative estimate of drug-likeness (QED) is 0.718. The second-order valence-electron chi connectivity index (χ2n) is 5.51. The molecule has 0 aromatic rings. The van der Waals surface area contributed by atoms with Crippen LogP contribution >= 0.6 is 0 Å². The summed E-state index contributed by atoms with van der Waals surface area (Å²) in [5.41, 5.74) is 1.65. The Labute approximate surface area is 112 Å². The van der Waals surface area contributed by atoms with Crippen LogP contribution in [0.25, 0.3) is 0 Å². The van der Waals surface area contributed by atoms with E-state index in [-0.39, 0.29) is 18.9 Å². The maximum Gasteiger partial charge on any atom is 0.267 e. The van der Waals surface area contributed by atoms with Crippen LogP contribution in [-0.2, 0) is 4.79 Å². The minimum atomic E-state index is -2.73. The summed E-state index contributed by atoms with van der Waals surface area (Å²) in [6.45, 7) is 5.54. The summed E-state index contributed by atoms with van der Waals surface area (Å²) in [7, 11) is 0. The van der Waals surface area contributed by atoms with Gasteiger partial charge in [0.15, 0.2) is 0 Å². The van der Waals surface area contributed by atoms with Gasteiger partial charge in [-0.2, -0.15) is 0 Å². The predicted octanol–water partition coefficient (Wildman–Crippen LogP) is 3.32. The van der Waals surface area contributed by atoms with Crippen molar-refractivity contribution in [1.29, 1.82) is 0 Å². The van der Waals surface area contributed by atoms with E-state index in [4.69, 9.17) is 0 Å². The molecule has 1 aliphatic carbocycles. The summed E-state index contributed by atoms with van der Waals surface area (Å²) in [5, 5.41) is 0. The molecule has 1 fully saturated rings. The third-order valence-electron chi connectivity index (χ3n) is 3.50. The SMILES string of the molecule is C=C(C)CC1C=CC(C(=O)N2CCC(F)(F)C2)=CC1. The zero-order valence-electron chi connectivity index (χ0n) is 11.2. The Bertz CT molecular complexity index is 451. The number of amides is 1. The van der Waals surface area contributed by atoms with Crippen molar-refractivity contribution in [2.75, 3.05) is 13.1 Å². The number of likely N-dealkylation sites (tertiary alicyclic amines) is 1. The molecule has 19 heavy (non-hydrogen) atoms. The number of carbonyl (C=O) groups excluding carboxylic acids is 1. The summed E-state index contributed by atoms with van der Waals surface area (Å²) in [6.07, 6.45) is 7.04. The van der Waals surface area contributed by atoms with E-state index in [2.05, 4.69) is 6.58 Å². The van der Waals surface area contributed by atoms with E-state index in [1.807, 2.05) is 19.1 Å². The molecular formula is C15H19F2NO. The first-order valence-corrected chi connectivity index (χ1v) is 6.57. The second-order valence-corrected chi connectivity index (χ2v) is 5.51. The highest BCUT2D eigenvalue weighted by Gasteiger charge is 2.40. The molecule has 2 aliphatic rings. The van der Waals surface area contributed by atoms with E-state index in [1.54, 1.807) is 6.08 Å². The van der Waals surface area contributed by atoms with Gasteiger partial charge in [0.1, 0.15) is 0 Å². The monoisotopic (exact) mass is 267 g/mol. The minimum Gasteiger partial charge on any atom is -0.332 e. The molecule has 1 heterocycles. The molecule has 0 radical (unpaired) electrons. The van der Waals surface area contributed by atoms with Crippen molar-refractivity contribution in [3.63, 3.8) is 0 Å². The lowest BCUT2D eigenvalue weighted by molar-refractivity contribution is -0.127. The molecule has 1 saturated heterocycles. The van der Waals surface area contributed by atoms with Crippen LogP contribution in [0.1, 0.15) is 26.2 Å². The van der Waals surface area contributed by atoms with Gasteiger partial charge in [0, 0.05) is 18.5 Å². The molecule has 0 bridgehead atoms. The summed E-state index contributed by atoms with van der Waals surface area (Å²) in [4.78, 5) is 13.3. The fraction of sp³-hybridized carbons (Fsp3) is 0.533. The average molecular weight is 267 g/mol. The molecule has 1 unspecified atom stereocenters. The third-order valence-corrected chi connectivity index (χ3v) is 3.50. The fourth-order valence-electron chi connectivity index (χ4n) is 2.51. The van der Waals surface area contributed by atoms with Gasteiger partial charge in [0.25, 0.3) is 11.8 Å². The lowest BCUT2D eigenvalue weighted by Crippen LogP contribution is -2.32. The van der Waals surface area contributed by atoms with Gasteiger partial charge in [-0.1, -0.05) is 23.8 Å². The van der Waals surface area contributed by atoms with Gasteiger partial charge >= 0.3 is 0 Å². The number of hydrogen-bond acceptors (Lipinski definition) is 1. The standard InChI is InChI=1S/C15H19F2NO/c1-11(2)9-12-3-5-13(6-4-12)14(19)18-8-7-15(16,17)10-18/h3,5-6,12H,1,4,7-10H2,2H3. The summed E-state index contributed by atoms with van der Waals surface area (Å²) in [5.74, 6) is -2.63. The number of hydrogen-bond donors (Lipinski definition) is 0. The van der Waals surface area contributed by atoms with Gasteiger partial charge in [-0.3, -0.25) is 4.79 Å². The van der Waals surface area contributed by atoms with Crippen molar-refractivity contribution in [2.45, 2.75) is 32.1 Å². The van der Waals surface area contributed by atoms with Crippen LogP contribution < -0.4 is 0 Å². The maximum absolute atomic E-state index is 13.1. The van der Waals surface area contributed by atoms with Crippen LogP contribution in [0.4, 0.5) is 8.78 Å². The first-order chi connectivity index (χ1) is 8.87. The molecule has 104 valence electrons. The van der Waals surface area contributed by atoms with E-state index in [9.17, 15) is 13.6 Å². The molecule has 1 atom stereocenters. The number of nitrogens with zero attached hydrogens (tertiary/aromatic N) is 1. The number of rotatable bonds is 3. The maximum atomic E-state index is 13.1. The van der Waals surface area contributed by atoms with Gasteiger partial charge in [0.05, 0.1) is 6.54 Å². The minimum absolute atomic E-state index is 0.145. The molecule has 1 aliphatic heterocycles. The molecule has 0 saturated carbocycles. The topological polar surface area (TPSA) is 20.3 Å². The zero-order chi connectivity index (χ0) is 14.0. The van der Waals surface area contributed by atoms with Crippen LogP contribution in [0.3, 0.4) is 0 Å². The van der Waals surface area contributed by atoms with Crippen LogP contribution in [-0.4, -0.2) is 29.8 Å². The number of alkyl halides is 2. The predicted molar refractivity (Wildman–Crippen MR) is 70.9 cm³/mol. The third kappa shape index (κ3) is 3.52. The van der Waals surface area contributed by atoms with E-state index in [1.165, 1.54) is 4.90 Å². The van der Waals surface area contributed by atoms with Crippen LogP contribution in [0.2, 0.25) is 0 Å². The zero-order valence-corrected chi connectivity index (χ0v) is 11.2. The van der Waals surface area contributed by atoms with Gasteiger partial charge in [-0.15, -0.1) is 6.58 Å². The Morgan fingerprint density at radius 2 is 2.32 bits per heavy atom. The molecule has 1 amide bonds. The van der Waals surface area contributed by atoms with Crippen molar-refractivity contribution in [3.8, 4) is 0 Å². The van der Waals surface area contributed by atoms with E-state index >= 15 is 0 Å². The van der Waals surface area contributed by atoms with Gasteiger partial charge in [-0.25, -0.2) is 8.78 Å². The number of carbonyl (C=O) groups is 1. The molecule has 0 N–H and O–H groups in total. The Kier molecular flexibility index (Phi) is 3.88. The molecule has 2 nitrogen and oxygen atoms in total. The van der Waals surface area contributed by atoms with Gasteiger partial charge in [-0.05, 0) is 25.7 Å². The van der Waals surface area contributed by atoms with Crippen LogP contribution in [0.15, 0.2) is 36.0 Å². The number of halogens is 2. The first kappa shape index (κ1) is 14.0. The van der Waals surface area contributed by atoms with Crippen molar-refractivity contribution < 1.29 is 13.6 Å². The first-order valence-electron chi connectivity index (χ1n) is 6.57. The lowest BCUT2D eigenvalue weighted by atomic mass is 9.91. The largest absolute Gasteiger partial charge is 0.332 e. The number of allylic oxidation sites excluding steroid dienone is 3.